The van der Waals surface area contributed by atoms with Gasteiger partial charge in [-0.05, 0) is 42.7 Å². The normalized spacial score (nSPS) is 18.2. The smallest absolute Gasteiger partial charge is 0.316 e. The van der Waals surface area contributed by atoms with Gasteiger partial charge in [0.05, 0.1) is 27.5 Å². The summed E-state index contributed by atoms with van der Waals surface area (Å²) in [5.41, 5.74) is -2.43. The van der Waals surface area contributed by atoms with Crippen LogP contribution in [-0.4, -0.2) is 29.2 Å². The summed E-state index contributed by atoms with van der Waals surface area (Å²) >= 11 is 0. The van der Waals surface area contributed by atoms with Crippen LogP contribution in [-0.2, 0) is 16.2 Å². The lowest BCUT2D eigenvalue weighted by atomic mass is 9.99. The molecule has 1 unspecified atom stereocenters. The van der Waals surface area contributed by atoms with Crippen LogP contribution in [0.25, 0.3) is 11.0 Å². The van der Waals surface area contributed by atoms with Crippen LogP contribution in [0.3, 0.4) is 0 Å². The van der Waals surface area contributed by atoms with E-state index in [-0.39, 0.29) is 34.5 Å². The van der Waals surface area contributed by atoms with Crippen molar-refractivity contribution in [3.05, 3.63) is 74.3 Å². The highest BCUT2D eigenvalue weighted by Gasteiger charge is 2.41. The summed E-state index contributed by atoms with van der Waals surface area (Å²) in [7, 11) is -4.16. The van der Waals surface area contributed by atoms with Crippen LogP contribution >= 0.6 is 0 Å². The second-order valence-corrected chi connectivity index (χ2v) is 8.86. The second-order valence-electron chi connectivity index (χ2n) is 6.97. The van der Waals surface area contributed by atoms with Crippen LogP contribution in [0.15, 0.2) is 56.9 Å². The number of alkyl halides is 3. The molecule has 3 aromatic rings. The van der Waals surface area contributed by atoms with Crippen molar-refractivity contribution in [2.24, 2.45) is 0 Å². The predicted octanol–water partition coefficient (Wildman–Crippen LogP) is 2.76. The van der Waals surface area contributed by atoms with Gasteiger partial charge in [0.25, 0.3) is 0 Å². The molecule has 1 atom stereocenters. The molecule has 1 aliphatic rings. The molecule has 0 saturated carbocycles. The minimum atomic E-state index is -4.61. The first-order valence-electron chi connectivity index (χ1n) is 9.03. The molecule has 0 radical (unpaired) electrons. The Kier molecular flexibility index (Phi) is 4.82. The largest absolute Gasteiger partial charge is 0.416 e. The third-order valence-electron chi connectivity index (χ3n) is 5.13. The molecule has 0 spiro atoms. The van der Waals surface area contributed by atoms with Crippen molar-refractivity contribution in [3.63, 3.8) is 0 Å². The van der Waals surface area contributed by atoms with Gasteiger partial charge in [-0.25, -0.2) is 8.42 Å². The molecule has 158 valence electrons. The van der Waals surface area contributed by atoms with E-state index in [1.807, 2.05) is 0 Å². The Labute approximate surface area is 168 Å². The Bertz CT molecular complexity index is 1350. The van der Waals surface area contributed by atoms with Gasteiger partial charge in [0.15, 0.2) is 0 Å². The number of halogens is 3. The van der Waals surface area contributed by atoms with Crippen LogP contribution in [0.4, 0.5) is 13.2 Å². The maximum absolute atomic E-state index is 13.5. The van der Waals surface area contributed by atoms with Gasteiger partial charge < -0.3 is 9.97 Å². The van der Waals surface area contributed by atoms with Gasteiger partial charge >= 0.3 is 17.3 Å². The number of hydrogen-bond acceptors (Lipinski definition) is 4. The number of nitrogens with zero attached hydrogens (tertiary/aromatic N) is 1. The van der Waals surface area contributed by atoms with Crippen molar-refractivity contribution >= 4 is 21.1 Å². The number of aromatic nitrogens is 2. The number of nitrogens with one attached hydrogen (secondary N) is 2. The van der Waals surface area contributed by atoms with Crippen molar-refractivity contribution in [2.75, 3.05) is 6.54 Å². The highest BCUT2D eigenvalue weighted by atomic mass is 32.2. The summed E-state index contributed by atoms with van der Waals surface area (Å²) in [5.74, 6) is 0. The Morgan fingerprint density at radius 2 is 1.63 bits per heavy atom. The zero-order valence-corrected chi connectivity index (χ0v) is 16.2. The maximum Gasteiger partial charge on any atom is 0.416 e. The first-order chi connectivity index (χ1) is 14.1. The minimum absolute atomic E-state index is 0.0688. The predicted molar refractivity (Wildman–Crippen MR) is 103 cm³/mol. The highest BCUT2D eigenvalue weighted by molar-refractivity contribution is 7.89. The van der Waals surface area contributed by atoms with E-state index in [9.17, 15) is 31.2 Å². The zero-order valence-electron chi connectivity index (χ0n) is 15.4. The van der Waals surface area contributed by atoms with Gasteiger partial charge in [-0.3, -0.25) is 9.59 Å². The molecule has 0 aliphatic carbocycles. The van der Waals surface area contributed by atoms with E-state index in [0.717, 1.165) is 10.4 Å². The van der Waals surface area contributed by atoms with Crippen LogP contribution < -0.4 is 11.1 Å². The topological polar surface area (TPSA) is 103 Å². The summed E-state index contributed by atoms with van der Waals surface area (Å²) in [6, 6.07) is 7.75. The fourth-order valence-electron chi connectivity index (χ4n) is 3.77. The van der Waals surface area contributed by atoms with Crippen molar-refractivity contribution in [1.29, 1.82) is 0 Å². The summed E-state index contributed by atoms with van der Waals surface area (Å²) in [6.45, 7) is 0.0688. The molecule has 4 rings (SSSR count). The molecule has 1 saturated heterocycles. The van der Waals surface area contributed by atoms with E-state index in [1.165, 1.54) is 36.4 Å². The van der Waals surface area contributed by atoms with Gasteiger partial charge in [0.1, 0.15) is 0 Å². The van der Waals surface area contributed by atoms with E-state index >= 15 is 0 Å². The Morgan fingerprint density at radius 3 is 2.33 bits per heavy atom. The van der Waals surface area contributed by atoms with E-state index in [0.29, 0.717) is 6.42 Å². The summed E-state index contributed by atoms with van der Waals surface area (Å²) in [4.78, 5) is 27.4. The molecule has 1 aliphatic heterocycles. The molecule has 0 bridgehead atoms. The lowest BCUT2D eigenvalue weighted by molar-refractivity contribution is -0.138. The van der Waals surface area contributed by atoms with Crippen molar-refractivity contribution in [3.8, 4) is 0 Å². The standard InChI is InChI=1S/C19H16F3N3O4S/c20-19(21,22)13-5-2-1-4-12(13)16-6-3-9-25(16)30(28,29)11-7-8-14-15(10-11)24-18(27)17(26)23-14/h1-2,4-5,7-8,10,16H,3,6,9H2,(H,23,26)(H,24,27). The molecule has 2 N–H and O–H groups in total. The molecule has 2 heterocycles. The molecule has 2 aromatic carbocycles. The molecular formula is C19H16F3N3O4S. The summed E-state index contributed by atoms with van der Waals surface area (Å²) in [6.07, 6.45) is -3.94. The lowest BCUT2D eigenvalue weighted by Gasteiger charge is -2.26. The van der Waals surface area contributed by atoms with Gasteiger partial charge in [0, 0.05) is 6.54 Å². The van der Waals surface area contributed by atoms with E-state index in [2.05, 4.69) is 9.97 Å². The quantitative estimate of drug-likeness (QED) is 0.613. The van der Waals surface area contributed by atoms with Crippen LogP contribution in [0.5, 0.6) is 0 Å². The van der Waals surface area contributed by atoms with Crippen LogP contribution in [0.1, 0.15) is 30.0 Å². The fourth-order valence-corrected chi connectivity index (χ4v) is 5.48. The SMILES string of the molecule is O=c1[nH]c2ccc(S(=O)(=O)N3CCCC3c3ccccc3C(F)(F)F)cc2[nH]c1=O. The number of aromatic amines is 2. The second kappa shape index (κ2) is 7.10. The van der Waals surface area contributed by atoms with E-state index in [4.69, 9.17) is 0 Å². The molecule has 11 heteroatoms. The van der Waals surface area contributed by atoms with Crippen molar-refractivity contribution in [1.82, 2.24) is 14.3 Å². The maximum atomic E-state index is 13.5. The minimum Gasteiger partial charge on any atom is -0.316 e. The third kappa shape index (κ3) is 3.43. The number of sulfonamides is 1. The lowest BCUT2D eigenvalue weighted by Crippen LogP contribution is -2.32. The molecule has 0 amide bonds. The number of H-pyrrole nitrogens is 2. The van der Waals surface area contributed by atoms with Gasteiger partial charge in [-0.1, -0.05) is 18.2 Å². The van der Waals surface area contributed by atoms with Crippen LogP contribution in [0.2, 0.25) is 0 Å². The first kappa shape index (κ1) is 20.4. The van der Waals surface area contributed by atoms with Gasteiger partial charge in [0.2, 0.25) is 10.0 Å². The summed E-state index contributed by atoms with van der Waals surface area (Å²) in [5, 5.41) is 0. The first-order valence-corrected chi connectivity index (χ1v) is 10.5. The fraction of sp³-hybridized carbons (Fsp3) is 0.263. The molecule has 1 fully saturated rings. The molecule has 7 nitrogen and oxygen atoms in total. The summed E-state index contributed by atoms with van der Waals surface area (Å²) < 4.78 is 68.0. The Hall–Kier alpha value is -2.92. The monoisotopic (exact) mass is 439 g/mol. The third-order valence-corrected chi connectivity index (χ3v) is 7.03. The van der Waals surface area contributed by atoms with Crippen molar-refractivity contribution in [2.45, 2.75) is 30.0 Å². The number of hydrogen-bond donors (Lipinski definition) is 2. The Morgan fingerprint density at radius 1 is 0.967 bits per heavy atom. The average molecular weight is 439 g/mol. The molecule has 1 aromatic heterocycles. The number of rotatable bonds is 3. The molecule has 30 heavy (non-hydrogen) atoms. The van der Waals surface area contributed by atoms with Gasteiger partial charge in [-0.15, -0.1) is 0 Å². The Balaban J connectivity index is 1.80. The highest BCUT2D eigenvalue weighted by Crippen LogP contribution is 2.42. The van der Waals surface area contributed by atoms with Crippen molar-refractivity contribution < 1.29 is 21.6 Å². The zero-order chi connectivity index (χ0) is 21.7. The van der Waals surface area contributed by atoms with E-state index < -0.39 is 38.9 Å². The number of fused-ring (bicyclic) bond motifs is 1. The van der Waals surface area contributed by atoms with Crippen LogP contribution in [0, 0.1) is 0 Å². The average Bonchev–Trinajstić information content (AvgIpc) is 3.18. The van der Waals surface area contributed by atoms with Gasteiger partial charge in [-0.2, -0.15) is 17.5 Å². The van der Waals surface area contributed by atoms with E-state index in [1.54, 1.807) is 0 Å². The molecular weight excluding hydrogens is 423 g/mol. The number of benzene rings is 2.